The number of nitrogens with zero attached hydrogens (tertiary/aromatic N) is 2. The molecule has 1 aliphatic rings. The summed E-state index contributed by atoms with van der Waals surface area (Å²) < 4.78 is 0. The normalized spacial score (nSPS) is 14.0. The maximum atomic E-state index is 12.4. The highest BCUT2D eigenvalue weighted by Gasteiger charge is 2.35. The summed E-state index contributed by atoms with van der Waals surface area (Å²) in [5, 5.41) is 2.85. The SMILES string of the molecule is C[C@@H](NC(=O)CCN1C(=O)c2ccccc2C1=O)c1ncc(-c2ccccc2)[nH]1. The number of rotatable bonds is 6. The topological polar surface area (TPSA) is 95.2 Å². The number of aromatic nitrogens is 2. The van der Waals surface area contributed by atoms with Crippen LogP contribution in [0.25, 0.3) is 11.3 Å². The molecule has 146 valence electrons. The van der Waals surface area contributed by atoms with Gasteiger partial charge in [-0.2, -0.15) is 0 Å². The molecule has 3 amide bonds. The van der Waals surface area contributed by atoms with Crippen molar-refractivity contribution in [2.24, 2.45) is 0 Å². The van der Waals surface area contributed by atoms with Crippen molar-refractivity contribution in [2.45, 2.75) is 19.4 Å². The van der Waals surface area contributed by atoms with E-state index in [9.17, 15) is 14.4 Å². The van der Waals surface area contributed by atoms with Crippen molar-refractivity contribution < 1.29 is 14.4 Å². The predicted octanol–water partition coefficient (Wildman–Crippen LogP) is 2.94. The minimum absolute atomic E-state index is 0.0298. The number of nitrogens with one attached hydrogen (secondary N) is 2. The largest absolute Gasteiger partial charge is 0.346 e. The lowest BCUT2D eigenvalue weighted by atomic mass is 10.1. The summed E-state index contributed by atoms with van der Waals surface area (Å²) >= 11 is 0. The highest BCUT2D eigenvalue weighted by molar-refractivity contribution is 6.21. The molecule has 1 aliphatic heterocycles. The molecule has 0 aliphatic carbocycles. The van der Waals surface area contributed by atoms with Gasteiger partial charge >= 0.3 is 0 Å². The molecule has 7 heteroatoms. The third kappa shape index (κ3) is 3.67. The molecule has 0 bridgehead atoms. The minimum Gasteiger partial charge on any atom is -0.346 e. The van der Waals surface area contributed by atoms with Gasteiger partial charge in [0.2, 0.25) is 5.91 Å². The summed E-state index contributed by atoms with van der Waals surface area (Å²) in [6, 6.07) is 16.1. The van der Waals surface area contributed by atoms with Gasteiger partial charge < -0.3 is 10.3 Å². The summed E-state index contributed by atoms with van der Waals surface area (Å²) in [5.74, 6) is -0.334. The van der Waals surface area contributed by atoms with Crippen LogP contribution >= 0.6 is 0 Å². The Balaban J connectivity index is 1.34. The molecule has 0 saturated heterocycles. The molecular weight excluding hydrogens is 368 g/mol. The molecular formula is C22H20N4O3. The van der Waals surface area contributed by atoms with Crippen molar-refractivity contribution >= 4 is 17.7 Å². The Morgan fingerprint density at radius 3 is 2.31 bits per heavy atom. The lowest BCUT2D eigenvalue weighted by molar-refractivity contribution is -0.121. The number of aromatic amines is 1. The molecule has 2 aromatic carbocycles. The number of hydrogen-bond acceptors (Lipinski definition) is 4. The van der Waals surface area contributed by atoms with Gasteiger partial charge in [-0.25, -0.2) is 4.98 Å². The number of carbonyl (C=O) groups is 3. The number of imidazole rings is 1. The quantitative estimate of drug-likeness (QED) is 0.635. The Morgan fingerprint density at radius 2 is 1.66 bits per heavy atom. The average molecular weight is 388 g/mol. The first-order chi connectivity index (χ1) is 14.0. The first-order valence-corrected chi connectivity index (χ1v) is 9.39. The molecule has 7 nitrogen and oxygen atoms in total. The van der Waals surface area contributed by atoms with Crippen molar-refractivity contribution in [3.05, 3.63) is 77.7 Å². The molecule has 1 atom stereocenters. The first-order valence-electron chi connectivity index (χ1n) is 9.39. The smallest absolute Gasteiger partial charge is 0.261 e. The van der Waals surface area contributed by atoms with E-state index in [1.807, 2.05) is 37.3 Å². The Morgan fingerprint density at radius 1 is 1.03 bits per heavy atom. The van der Waals surface area contributed by atoms with Crippen LogP contribution in [0, 0.1) is 0 Å². The number of benzene rings is 2. The number of fused-ring (bicyclic) bond motifs is 1. The van der Waals surface area contributed by atoms with E-state index < -0.39 is 0 Å². The van der Waals surface area contributed by atoms with Crippen molar-refractivity contribution in [1.29, 1.82) is 0 Å². The summed E-state index contributed by atoms with van der Waals surface area (Å²) in [7, 11) is 0. The van der Waals surface area contributed by atoms with E-state index in [2.05, 4.69) is 15.3 Å². The van der Waals surface area contributed by atoms with Crippen molar-refractivity contribution in [3.63, 3.8) is 0 Å². The monoisotopic (exact) mass is 388 g/mol. The van der Waals surface area contributed by atoms with Crippen LogP contribution in [0.3, 0.4) is 0 Å². The molecule has 0 saturated carbocycles. The van der Waals surface area contributed by atoms with Gasteiger partial charge in [-0.15, -0.1) is 0 Å². The Labute approximate surface area is 167 Å². The van der Waals surface area contributed by atoms with Gasteiger partial charge in [-0.05, 0) is 24.6 Å². The summed E-state index contributed by atoms with van der Waals surface area (Å²) in [6.07, 6.45) is 1.76. The van der Waals surface area contributed by atoms with Gasteiger partial charge in [0.1, 0.15) is 5.82 Å². The Kier molecular flexibility index (Phi) is 4.95. The van der Waals surface area contributed by atoms with Gasteiger partial charge in [0.25, 0.3) is 11.8 Å². The molecule has 2 heterocycles. The van der Waals surface area contributed by atoms with Crippen molar-refractivity contribution in [1.82, 2.24) is 20.2 Å². The van der Waals surface area contributed by atoms with Crippen molar-refractivity contribution in [2.75, 3.05) is 6.54 Å². The lowest BCUT2D eigenvalue weighted by Crippen LogP contribution is -2.35. The second kappa shape index (κ2) is 7.71. The third-order valence-corrected chi connectivity index (χ3v) is 4.91. The second-order valence-electron chi connectivity index (χ2n) is 6.89. The third-order valence-electron chi connectivity index (χ3n) is 4.91. The Hall–Kier alpha value is -3.74. The van der Waals surface area contributed by atoms with Crippen LogP contribution < -0.4 is 5.32 Å². The van der Waals surface area contributed by atoms with E-state index in [0.717, 1.165) is 16.2 Å². The fourth-order valence-electron chi connectivity index (χ4n) is 3.36. The zero-order valence-electron chi connectivity index (χ0n) is 15.9. The predicted molar refractivity (Wildman–Crippen MR) is 107 cm³/mol. The van der Waals surface area contributed by atoms with Gasteiger partial charge in [0.05, 0.1) is 29.1 Å². The van der Waals surface area contributed by atoms with Crippen LogP contribution in [0.15, 0.2) is 60.8 Å². The Bertz CT molecular complexity index is 1040. The van der Waals surface area contributed by atoms with E-state index in [1.54, 1.807) is 30.5 Å². The van der Waals surface area contributed by atoms with E-state index in [1.165, 1.54) is 0 Å². The highest BCUT2D eigenvalue weighted by Crippen LogP contribution is 2.23. The fraction of sp³-hybridized carbons (Fsp3) is 0.182. The van der Waals surface area contributed by atoms with E-state index in [-0.39, 0.29) is 36.7 Å². The van der Waals surface area contributed by atoms with E-state index >= 15 is 0 Å². The molecule has 3 aromatic rings. The maximum Gasteiger partial charge on any atom is 0.261 e. The second-order valence-corrected chi connectivity index (χ2v) is 6.89. The zero-order chi connectivity index (χ0) is 20.4. The van der Waals surface area contributed by atoms with Crippen LogP contribution in [0.5, 0.6) is 0 Å². The van der Waals surface area contributed by atoms with Crippen LogP contribution in [-0.4, -0.2) is 39.1 Å². The van der Waals surface area contributed by atoms with Gasteiger partial charge in [-0.1, -0.05) is 42.5 Å². The number of hydrogen-bond donors (Lipinski definition) is 2. The summed E-state index contributed by atoms with van der Waals surface area (Å²) in [4.78, 5) is 45.7. The van der Waals surface area contributed by atoms with Crippen LogP contribution in [0.2, 0.25) is 0 Å². The average Bonchev–Trinajstić information content (AvgIpc) is 3.32. The molecule has 0 radical (unpaired) electrons. The van der Waals surface area contributed by atoms with Crippen LogP contribution in [-0.2, 0) is 4.79 Å². The van der Waals surface area contributed by atoms with Gasteiger partial charge in [-0.3, -0.25) is 19.3 Å². The number of imide groups is 1. The fourth-order valence-corrected chi connectivity index (χ4v) is 3.36. The molecule has 29 heavy (non-hydrogen) atoms. The number of amides is 3. The number of carbonyl (C=O) groups excluding carboxylic acids is 3. The molecule has 4 rings (SSSR count). The highest BCUT2D eigenvalue weighted by atomic mass is 16.2. The maximum absolute atomic E-state index is 12.4. The molecule has 0 spiro atoms. The van der Waals surface area contributed by atoms with Crippen LogP contribution in [0.1, 0.15) is 45.9 Å². The zero-order valence-corrected chi connectivity index (χ0v) is 15.9. The van der Waals surface area contributed by atoms with Gasteiger partial charge in [0, 0.05) is 13.0 Å². The van der Waals surface area contributed by atoms with Crippen molar-refractivity contribution in [3.8, 4) is 11.3 Å². The summed E-state index contributed by atoms with van der Waals surface area (Å²) in [6.45, 7) is 1.87. The lowest BCUT2D eigenvalue weighted by Gasteiger charge is -2.15. The molecule has 0 fully saturated rings. The first kappa shape index (κ1) is 18.6. The molecule has 0 unspecified atom stereocenters. The van der Waals surface area contributed by atoms with Gasteiger partial charge in [0.15, 0.2) is 0 Å². The van der Waals surface area contributed by atoms with Crippen LogP contribution in [0.4, 0.5) is 0 Å². The summed E-state index contributed by atoms with van der Waals surface area (Å²) in [5.41, 5.74) is 2.65. The van der Waals surface area contributed by atoms with E-state index in [4.69, 9.17) is 0 Å². The minimum atomic E-state index is -0.356. The van der Waals surface area contributed by atoms with E-state index in [0.29, 0.717) is 17.0 Å². The molecule has 1 aromatic heterocycles. The number of H-pyrrole nitrogens is 1. The molecule has 2 N–H and O–H groups in total. The standard InChI is InChI=1S/C22H20N4O3/c1-14(20-23-13-18(25-20)15-7-3-2-4-8-15)24-19(27)11-12-26-21(28)16-9-5-6-10-17(16)22(26)29/h2-10,13-14H,11-12H2,1H3,(H,23,25)(H,24,27)/t14-/m1/s1.